The lowest BCUT2D eigenvalue weighted by atomic mass is 9.93. The quantitative estimate of drug-likeness (QED) is 0.803. The highest BCUT2D eigenvalue weighted by molar-refractivity contribution is 5.76. The maximum atomic E-state index is 12.1. The molecule has 1 aromatic rings. The SMILES string of the molecule is Cc1ccccc1[C@@H](C)NC(=O)C[C@@H](CN)CC(C)C. The standard InChI is InChI=1S/C17H28N2O/c1-12(2)9-15(11-18)10-17(20)19-14(4)16-8-6-5-7-13(16)3/h5-8,12,14-15H,9-11,18H2,1-4H3,(H,19,20)/t14-,15+/m1/s1. The number of nitrogens with one attached hydrogen (secondary N) is 1. The van der Waals surface area contributed by atoms with Gasteiger partial charge in [-0.1, -0.05) is 38.1 Å². The third-order valence-corrected chi connectivity index (χ3v) is 3.64. The molecule has 1 rings (SSSR count). The van der Waals surface area contributed by atoms with Crippen molar-refractivity contribution in [3.63, 3.8) is 0 Å². The second-order valence-electron chi connectivity index (χ2n) is 6.08. The molecular weight excluding hydrogens is 248 g/mol. The van der Waals surface area contributed by atoms with Crippen molar-refractivity contribution < 1.29 is 4.79 Å². The predicted octanol–water partition coefficient (Wildman–Crippen LogP) is 3.18. The van der Waals surface area contributed by atoms with Crippen LogP contribution in [0.15, 0.2) is 24.3 Å². The van der Waals surface area contributed by atoms with Gasteiger partial charge in [-0.2, -0.15) is 0 Å². The minimum atomic E-state index is 0.0428. The molecule has 0 unspecified atom stereocenters. The number of aryl methyl sites for hydroxylation is 1. The van der Waals surface area contributed by atoms with Gasteiger partial charge in [0.1, 0.15) is 0 Å². The highest BCUT2D eigenvalue weighted by Crippen LogP contribution is 2.18. The molecule has 20 heavy (non-hydrogen) atoms. The fraction of sp³-hybridized carbons (Fsp3) is 0.588. The van der Waals surface area contributed by atoms with Crippen molar-refractivity contribution in [1.82, 2.24) is 5.32 Å². The second kappa shape index (κ2) is 8.05. The van der Waals surface area contributed by atoms with Gasteiger partial charge in [-0.25, -0.2) is 0 Å². The molecule has 0 aliphatic carbocycles. The van der Waals surface area contributed by atoms with Crippen molar-refractivity contribution in [2.45, 2.75) is 46.6 Å². The van der Waals surface area contributed by atoms with Crippen LogP contribution in [0.1, 0.15) is 50.8 Å². The van der Waals surface area contributed by atoms with Crippen LogP contribution in [0.4, 0.5) is 0 Å². The molecule has 1 amide bonds. The lowest BCUT2D eigenvalue weighted by Crippen LogP contribution is -2.31. The molecule has 112 valence electrons. The van der Waals surface area contributed by atoms with E-state index in [-0.39, 0.29) is 17.9 Å². The number of benzene rings is 1. The summed E-state index contributed by atoms with van der Waals surface area (Å²) < 4.78 is 0. The van der Waals surface area contributed by atoms with Gasteiger partial charge in [-0.15, -0.1) is 0 Å². The summed E-state index contributed by atoms with van der Waals surface area (Å²) in [5, 5.41) is 3.08. The van der Waals surface area contributed by atoms with Crippen molar-refractivity contribution in [2.75, 3.05) is 6.54 Å². The molecule has 0 radical (unpaired) electrons. The molecule has 0 aliphatic heterocycles. The molecule has 1 aromatic carbocycles. The smallest absolute Gasteiger partial charge is 0.220 e. The number of hydrogen-bond acceptors (Lipinski definition) is 2. The van der Waals surface area contributed by atoms with Gasteiger partial charge < -0.3 is 11.1 Å². The zero-order valence-corrected chi connectivity index (χ0v) is 13.1. The Kier molecular flexibility index (Phi) is 6.73. The van der Waals surface area contributed by atoms with E-state index in [1.807, 2.05) is 19.1 Å². The molecule has 0 heterocycles. The predicted molar refractivity (Wildman–Crippen MR) is 84.4 cm³/mol. The summed E-state index contributed by atoms with van der Waals surface area (Å²) in [6.45, 7) is 9.00. The Morgan fingerprint density at radius 1 is 1.25 bits per heavy atom. The van der Waals surface area contributed by atoms with Crippen molar-refractivity contribution >= 4 is 5.91 Å². The fourth-order valence-corrected chi connectivity index (χ4v) is 2.64. The van der Waals surface area contributed by atoms with Crippen molar-refractivity contribution in [3.8, 4) is 0 Å². The van der Waals surface area contributed by atoms with E-state index < -0.39 is 0 Å². The molecule has 0 saturated heterocycles. The maximum absolute atomic E-state index is 12.1. The van der Waals surface area contributed by atoms with Crippen LogP contribution in [0, 0.1) is 18.8 Å². The second-order valence-corrected chi connectivity index (χ2v) is 6.08. The van der Waals surface area contributed by atoms with Gasteiger partial charge in [0.15, 0.2) is 0 Å². The zero-order chi connectivity index (χ0) is 15.1. The van der Waals surface area contributed by atoms with Crippen LogP contribution in [0.5, 0.6) is 0 Å². The van der Waals surface area contributed by atoms with E-state index in [1.165, 1.54) is 11.1 Å². The van der Waals surface area contributed by atoms with E-state index in [2.05, 4.69) is 38.2 Å². The normalized spacial score (nSPS) is 14.1. The van der Waals surface area contributed by atoms with Crippen molar-refractivity contribution in [3.05, 3.63) is 35.4 Å². The average molecular weight is 276 g/mol. The van der Waals surface area contributed by atoms with Crippen LogP contribution in [-0.4, -0.2) is 12.5 Å². The molecule has 0 bridgehead atoms. The molecule has 0 saturated carbocycles. The minimum absolute atomic E-state index is 0.0428. The van der Waals surface area contributed by atoms with E-state index in [4.69, 9.17) is 5.73 Å². The Morgan fingerprint density at radius 3 is 2.45 bits per heavy atom. The van der Waals surface area contributed by atoms with Gasteiger partial charge in [0, 0.05) is 6.42 Å². The molecule has 0 fully saturated rings. The van der Waals surface area contributed by atoms with Crippen LogP contribution >= 0.6 is 0 Å². The monoisotopic (exact) mass is 276 g/mol. The first kappa shape index (κ1) is 16.7. The summed E-state index contributed by atoms with van der Waals surface area (Å²) in [6.07, 6.45) is 1.52. The lowest BCUT2D eigenvalue weighted by molar-refractivity contribution is -0.122. The Balaban J connectivity index is 2.55. The number of hydrogen-bond donors (Lipinski definition) is 2. The Labute approximate surface area is 122 Å². The number of nitrogens with two attached hydrogens (primary N) is 1. The largest absolute Gasteiger partial charge is 0.350 e. The molecule has 3 N–H and O–H groups in total. The third-order valence-electron chi connectivity index (χ3n) is 3.64. The third kappa shape index (κ3) is 5.33. The zero-order valence-electron chi connectivity index (χ0n) is 13.1. The number of rotatable bonds is 7. The van der Waals surface area contributed by atoms with Crippen LogP contribution < -0.4 is 11.1 Å². The van der Waals surface area contributed by atoms with Crippen LogP contribution in [-0.2, 0) is 4.79 Å². The van der Waals surface area contributed by atoms with Crippen LogP contribution in [0.25, 0.3) is 0 Å². The lowest BCUT2D eigenvalue weighted by Gasteiger charge is -2.20. The first-order chi connectivity index (χ1) is 9.43. The average Bonchev–Trinajstić information content (AvgIpc) is 2.37. The molecule has 2 atom stereocenters. The van der Waals surface area contributed by atoms with Gasteiger partial charge >= 0.3 is 0 Å². The van der Waals surface area contributed by atoms with Crippen LogP contribution in [0.2, 0.25) is 0 Å². The first-order valence-corrected chi connectivity index (χ1v) is 7.49. The summed E-state index contributed by atoms with van der Waals surface area (Å²) in [4.78, 5) is 12.1. The number of carbonyl (C=O) groups is 1. The fourth-order valence-electron chi connectivity index (χ4n) is 2.64. The Hall–Kier alpha value is -1.35. The summed E-state index contributed by atoms with van der Waals surface area (Å²) in [5.41, 5.74) is 8.14. The number of amides is 1. The molecule has 3 heteroatoms. The van der Waals surface area contributed by atoms with Gasteiger partial charge in [0.2, 0.25) is 5.91 Å². The maximum Gasteiger partial charge on any atom is 0.220 e. The minimum Gasteiger partial charge on any atom is -0.350 e. The highest BCUT2D eigenvalue weighted by atomic mass is 16.1. The molecule has 3 nitrogen and oxygen atoms in total. The molecule has 0 spiro atoms. The first-order valence-electron chi connectivity index (χ1n) is 7.49. The van der Waals surface area contributed by atoms with E-state index in [9.17, 15) is 4.79 Å². The van der Waals surface area contributed by atoms with Gasteiger partial charge in [-0.05, 0) is 49.8 Å². The van der Waals surface area contributed by atoms with Gasteiger partial charge in [0.25, 0.3) is 0 Å². The Morgan fingerprint density at radius 2 is 1.90 bits per heavy atom. The van der Waals surface area contributed by atoms with E-state index >= 15 is 0 Å². The Bertz CT molecular complexity index is 429. The van der Waals surface area contributed by atoms with Gasteiger partial charge in [-0.3, -0.25) is 4.79 Å². The van der Waals surface area contributed by atoms with Crippen molar-refractivity contribution in [2.24, 2.45) is 17.6 Å². The number of carbonyl (C=O) groups excluding carboxylic acids is 1. The summed E-state index contributed by atoms with van der Waals surface area (Å²) in [5.74, 6) is 0.945. The highest BCUT2D eigenvalue weighted by Gasteiger charge is 2.16. The molecule has 0 aromatic heterocycles. The molecule has 0 aliphatic rings. The topological polar surface area (TPSA) is 55.1 Å². The summed E-state index contributed by atoms with van der Waals surface area (Å²) in [7, 11) is 0. The van der Waals surface area contributed by atoms with Crippen LogP contribution in [0.3, 0.4) is 0 Å². The van der Waals surface area contributed by atoms with E-state index in [1.54, 1.807) is 0 Å². The van der Waals surface area contributed by atoms with Gasteiger partial charge in [0.05, 0.1) is 6.04 Å². The van der Waals surface area contributed by atoms with Crippen molar-refractivity contribution in [1.29, 1.82) is 0 Å². The molecular formula is C17H28N2O. The van der Waals surface area contributed by atoms with E-state index in [0.717, 1.165) is 6.42 Å². The summed E-state index contributed by atoms with van der Waals surface area (Å²) in [6, 6.07) is 8.20. The van der Waals surface area contributed by atoms with E-state index in [0.29, 0.717) is 18.9 Å². The summed E-state index contributed by atoms with van der Waals surface area (Å²) >= 11 is 0.